The molecular formula is C20H23F. The fraction of sp³-hybridized carbons (Fsp3) is 0.400. The van der Waals surface area contributed by atoms with Gasteiger partial charge in [-0.25, -0.2) is 4.39 Å². The quantitative estimate of drug-likeness (QED) is 0.618. The molecule has 3 rings (SSSR count). The van der Waals surface area contributed by atoms with Crippen molar-refractivity contribution in [2.24, 2.45) is 5.92 Å². The standard InChI is InChI=1S/C20H23F/c1-15-7-9-17(10-8-15)20(16-5-3-2-4-6-16)18-11-13-19(21)14-12-18/h7-9,11-14,17H,2-6,10H2,1H3. The minimum atomic E-state index is -0.151. The number of hydrogen-bond acceptors (Lipinski definition) is 0. The molecule has 1 unspecified atom stereocenters. The molecule has 110 valence electrons. The third kappa shape index (κ3) is 3.34. The first-order valence-electron chi connectivity index (χ1n) is 8.07. The van der Waals surface area contributed by atoms with E-state index in [-0.39, 0.29) is 5.82 Å². The maximum absolute atomic E-state index is 13.2. The molecule has 2 aliphatic rings. The molecule has 0 aromatic heterocycles. The van der Waals surface area contributed by atoms with E-state index in [1.165, 1.54) is 48.8 Å². The van der Waals surface area contributed by atoms with Crippen LogP contribution < -0.4 is 0 Å². The molecular weight excluding hydrogens is 259 g/mol. The number of benzene rings is 1. The van der Waals surface area contributed by atoms with E-state index >= 15 is 0 Å². The fourth-order valence-electron chi connectivity index (χ4n) is 3.50. The maximum atomic E-state index is 13.2. The Kier molecular flexibility index (Phi) is 4.38. The topological polar surface area (TPSA) is 0 Å². The summed E-state index contributed by atoms with van der Waals surface area (Å²) in [5.74, 6) is 0.300. The highest BCUT2D eigenvalue weighted by Gasteiger charge is 2.20. The van der Waals surface area contributed by atoms with Gasteiger partial charge in [-0.05, 0) is 62.3 Å². The third-order valence-corrected chi connectivity index (χ3v) is 4.65. The van der Waals surface area contributed by atoms with Gasteiger partial charge in [-0.15, -0.1) is 0 Å². The monoisotopic (exact) mass is 282 g/mol. The molecule has 1 atom stereocenters. The molecule has 0 N–H and O–H groups in total. The minimum Gasteiger partial charge on any atom is -0.207 e. The van der Waals surface area contributed by atoms with Gasteiger partial charge in [0.15, 0.2) is 0 Å². The average Bonchev–Trinajstić information content (AvgIpc) is 2.52. The second-order valence-corrected chi connectivity index (χ2v) is 6.23. The molecule has 0 amide bonds. The van der Waals surface area contributed by atoms with Crippen molar-refractivity contribution < 1.29 is 4.39 Å². The average molecular weight is 282 g/mol. The lowest BCUT2D eigenvalue weighted by molar-refractivity contribution is 0.595. The Hall–Kier alpha value is -1.63. The van der Waals surface area contributed by atoms with Gasteiger partial charge in [0.1, 0.15) is 5.82 Å². The van der Waals surface area contributed by atoms with E-state index in [9.17, 15) is 4.39 Å². The van der Waals surface area contributed by atoms with Gasteiger partial charge in [0.05, 0.1) is 0 Å². The lowest BCUT2D eigenvalue weighted by Crippen LogP contribution is -2.08. The van der Waals surface area contributed by atoms with Crippen molar-refractivity contribution in [2.45, 2.75) is 45.4 Å². The summed E-state index contributed by atoms with van der Waals surface area (Å²) in [5, 5.41) is 0. The zero-order valence-corrected chi connectivity index (χ0v) is 12.7. The van der Waals surface area contributed by atoms with Crippen molar-refractivity contribution in [1.29, 1.82) is 0 Å². The van der Waals surface area contributed by atoms with Gasteiger partial charge in [-0.3, -0.25) is 0 Å². The van der Waals surface area contributed by atoms with E-state index in [4.69, 9.17) is 0 Å². The van der Waals surface area contributed by atoms with E-state index < -0.39 is 0 Å². The molecule has 0 saturated heterocycles. The molecule has 21 heavy (non-hydrogen) atoms. The molecule has 1 aromatic rings. The van der Waals surface area contributed by atoms with Crippen LogP contribution in [0.1, 0.15) is 51.0 Å². The van der Waals surface area contributed by atoms with E-state index in [1.54, 1.807) is 17.7 Å². The highest BCUT2D eigenvalue weighted by molar-refractivity contribution is 5.72. The number of hydrogen-bond donors (Lipinski definition) is 0. The first-order valence-corrected chi connectivity index (χ1v) is 8.07. The zero-order valence-electron chi connectivity index (χ0n) is 12.7. The van der Waals surface area contributed by atoms with E-state index in [2.05, 4.69) is 25.2 Å². The van der Waals surface area contributed by atoms with Crippen LogP contribution in [0.2, 0.25) is 0 Å². The van der Waals surface area contributed by atoms with Crippen molar-refractivity contribution in [3.63, 3.8) is 0 Å². The molecule has 0 radical (unpaired) electrons. The Labute approximate surface area is 127 Å². The van der Waals surface area contributed by atoms with Crippen molar-refractivity contribution >= 4 is 5.57 Å². The van der Waals surface area contributed by atoms with Crippen LogP contribution in [0.15, 0.2) is 53.6 Å². The van der Waals surface area contributed by atoms with E-state index in [1.807, 2.05) is 12.1 Å². The fourth-order valence-corrected chi connectivity index (χ4v) is 3.50. The van der Waals surface area contributed by atoms with Gasteiger partial charge in [-0.1, -0.05) is 47.9 Å². The number of rotatable bonds is 2. The SMILES string of the molecule is CC1=CCC(C(=C2CCCCC2)c2ccc(F)cc2)C=C1. The highest BCUT2D eigenvalue weighted by atomic mass is 19.1. The molecule has 1 fully saturated rings. The molecule has 1 heteroatoms. The summed E-state index contributed by atoms with van der Waals surface area (Å²) < 4.78 is 13.2. The van der Waals surface area contributed by atoms with Crippen molar-refractivity contribution in [3.05, 3.63) is 65.0 Å². The van der Waals surface area contributed by atoms with Crippen LogP contribution in [0.5, 0.6) is 0 Å². The first kappa shape index (κ1) is 14.3. The van der Waals surface area contributed by atoms with Crippen LogP contribution in [-0.4, -0.2) is 0 Å². The third-order valence-electron chi connectivity index (χ3n) is 4.65. The largest absolute Gasteiger partial charge is 0.207 e. The molecule has 1 saturated carbocycles. The second-order valence-electron chi connectivity index (χ2n) is 6.23. The van der Waals surface area contributed by atoms with Crippen molar-refractivity contribution in [1.82, 2.24) is 0 Å². The van der Waals surface area contributed by atoms with Gasteiger partial charge in [0.2, 0.25) is 0 Å². The Bertz CT molecular complexity index is 579. The molecule has 1 aromatic carbocycles. The number of allylic oxidation sites excluding steroid dienone is 6. The number of halogens is 1. The van der Waals surface area contributed by atoms with E-state index in [0.29, 0.717) is 5.92 Å². The summed E-state index contributed by atoms with van der Waals surface area (Å²) >= 11 is 0. The van der Waals surface area contributed by atoms with E-state index in [0.717, 1.165) is 6.42 Å². The van der Waals surface area contributed by atoms with Crippen LogP contribution in [0.4, 0.5) is 4.39 Å². The smallest absolute Gasteiger partial charge is 0.123 e. The van der Waals surface area contributed by atoms with Crippen LogP contribution in [0.25, 0.3) is 5.57 Å². The van der Waals surface area contributed by atoms with Gasteiger partial charge < -0.3 is 0 Å². The Morgan fingerprint density at radius 1 is 1.05 bits per heavy atom. The summed E-state index contributed by atoms with van der Waals surface area (Å²) in [5.41, 5.74) is 5.60. The Morgan fingerprint density at radius 3 is 2.38 bits per heavy atom. The molecule has 0 bridgehead atoms. The zero-order chi connectivity index (χ0) is 14.7. The van der Waals surface area contributed by atoms with Gasteiger partial charge >= 0.3 is 0 Å². The summed E-state index contributed by atoms with van der Waals surface area (Å²) in [6.45, 7) is 2.15. The van der Waals surface area contributed by atoms with Crippen LogP contribution in [-0.2, 0) is 0 Å². The molecule has 0 heterocycles. The summed E-state index contributed by atoms with van der Waals surface area (Å²) in [6.07, 6.45) is 14.3. The summed E-state index contributed by atoms with van der Waals surface area (Å²) in [7, 11) is 0. The van der Waals surface area contributed by atoms with Gasteiger partial charge in [0, 0.05) is 5.92 Å². The normalized spacial score (nSPS) is 22.1. The maximum Gasteiger partial charge on any atom is 0.123 e. The molecule has 2 aliphatic carbocycles. The van der Waals surface area contributed by atoms with Crippen LogP contribution in [0.3, 0.4) is 0 Å². The van der Waals surface area contributed by atoms with Crippen LogP contribution >= 0.6 is 0 Å². The summed E-state index contributed by atoms with van der Waals surface area (Å²) in [4.78, 5) is 0. The molecule has 0 nitrogen and oxygen atoms in total. The van der Waals surface area contributed by atoms with Gasteiger partial charge in [0.25, 0.3) is 0 Å². The Morgan fingerprint density at radius 2 is 1.76 bits per heavy atom. The predicted octanol–water partition coefficient (Wildman–Crippen LogP) is 6.07. The molecule has 0 aliphatic heterocycles. The minimum absolute atomic E-state index is 0.151. The van der Waals surface area contributed by atoms with Crippen molar-refractivity contribution in [2.75, 3.05) is 0 Å². The van der Waals surface area contributed by atoms with Crippen LogP contribution in [0, 0.1) is 11.7 Å². The molecule has 0 spiro atoms. The van der Waals surface area contributed by atoms with Gasteiger partial charge in [-0.2, -0.15) is 0 Å². The Balaban J connectivity index is 1.99. The predicted molar refractivity (Wildman–Crippen MR) is 87.4 cm³/mol. The lowest BCUT2D eigenvalue weighted by atomic mass is 9.79. The second kappa shape index (κ2) is 6.43. The summed E-state index contributed by atoms with van der Waals surface area (Å²) in [6, 6.07) is 7.08. The lowest BCUT2D eigenvalue weighted by Gasteiger charge is -2.26. The first-order chi connectivity index (χ1) is 10.2. The van der Waals surface area contributed by atoms with Crippen molar-refractivity contribution in [3.8, 4) is 0 Å². The highest BCUT2D eigenvalue weighted by Crippen LogP contribution is 2.38.